The summed E-state index contributed by atoms with van der Waals surface area (Å²) in [6, 6.07) is 31.4. The van der Waals surface area contributed by atoms with E-state index in [1.54, 1.807) is 109 Å². The Balaban J connectivity index is 1.22. The second-order valence-electron chi connectivity index (χ2n) is 9.52. The lowest BCUT2D eigenvalue weighted by Crippen LogP contribution is -2.31. The molecule has 1 aliphatic heterocycles. The van der Waals surface area contributed by atoms with Gasteiger partial charge in [0.1, 0.15) is 11.5 Å². The Morgan fingerprint density at radius 2 is 1.59 bits per heavy atom. The predicted molar refractivity (Wildman–Crippen MR) is 173 cm³/mol. The van der Waals surface area contributed by atoms with Gasteiger partial charge in [-0.25, -0.2) is 0 Å². The van der Waals surface area contributed by atoms with Crippen LogP contribution in [0.1, 0.15) is 22.3 Å². The van der Waals surface area contributed by atoms with Crippen LogP contribution >= 0.6 is 23.4 Å². The maximum Gasteiger partial charge on any atom is 0.272 e. The molecule has 4 aromatic rings. The van der Waals surface area contributed by atoms with Gasteiger partial charge in [-0.05, 0) is 66.2 Å². The molecule has 0 fully saturated rings. The standard InChI is InChI=1S/C33H26ClN5O4S/c34-24-12-7-9-22(17-24)18-28(36-32(42)23-10-3-1-4-11-23)33(43)35-25-13-8-16-27(19-25)44-21-30(40)37-29-20-31(41)39(38-29)26-14-5-2-6-15-26/h1-19H,20-21H2,(H,35,43)(H,36,42)(H,37,38,40)/b28-18-. The van der Waals surface area contributed by atoms with Crippen LogP contribution in [-0.4, -0.2) is 35.2 Å². The quantitative estimate of drug-likeness (QED) is 0.163. The molecule has 0 saturated heterocycles. The van der Waals surface area contributed by atoms with E-state index in [0.717, 1.165) is 4.90 Å². The van der Waals surface area contributed by atoms with Gasteiger partial charge in [0.2, 0.25) is 5.91 Å². The Morgan fingerprint density at radius 1 is 0.864 bits per heavy atom. The molecule has 220 valence electrons. The topological polar surface area (TPSA) is 120 Å². The largest absolute Gasteiger partial charge is 0.321 e. The van der Waals surface area contributed by atoms with E-state index in [0.29, 0.717) is 27.5 Å². The van der Waals surface area contributed by atoms with Gasteiger partial charge in [0, 0.05) is 21.2 Å². The highest BCUT2D eigenvalue weighted by Crippen LogP contribution is 2.23. The van der Waals surface area contributed by atoms with Crippen LogP contribution in [0.4, 0.5) is 11.4 Å². The third-order valence-electron chi connectivity index (χ3n) is 6.21. The first kappa shape index (κ1) is 30.3. The van der Waals surface area contributed by atoms with Gasteiger partial charge in [0.05, 0.1) is 17.9 Å². The van der Waals surface area contributed by atoms with Gasteiger partial charge < -0.3 is 16.0 Å². The molecule has 4 aromatic carbocycles. The number of nitrogens with zero attached hydrogens (tertiary/aromatic N) is 2. The first-order valence-electron chi connectivity index (χ1n) is 13.5. The Kier molecular flexibility index (Phi) is 9.85. The van der Waals surface area contributed by atoms with Crippen LogP contribution in [0.15, 0.2) is 125 Å². The second-order valence-corrected chi connectivity index (χ2v) is 11.0. The molecular weight excluding hydrogens is 598 g/mol. The zero-order chi connectivity index (χ0) is 30.9. The predicted octanol–water partition coefficient (Wildman–Crippen LogP) is 5.71. The molecule has 0 unspecified atom stereocenters. The first-order valence-corrected chi connectivity index (χ1v) is 14.8. The van der Waals surface area contributed by atoms with Crippen molar-refractivity contribution in [1.82, 2.24) is 10.6 Å². The highest BCUT2D eigenvalue weighted by atomic mass is 35.5. The molecular formula is C33H26ClN5O4S. The summed E-state index contributed by atoms with van der Waals surface area (Å²) in [6.07, 6.45) is 1.54. The van der Waals surface area contributed by atoms with Crippen molar-refractivity contribution in [3.63, 3.8) is 0 Å². The van der Waals surface area contributed by atoms with Gasteiger partial charge in [-0.3, -0.25) is 19.2 Å². The molecule has 0 radical (unpaired) electrons. The number of anilines is 2. The molecule has 9 nitrogen and oxygen atoms in total. The summed E-state index contributed by atoms with van der Waals surface area (Å²) in [6.45, 7) is 0. The highest BCUT2D eigenvalue weighted by molar-refractivity contribution is 8.00. The second kappa shape index (κ2) is 14.3. The van der Waals surface area contributed by atoms with Crippen molar-refractivity contribution in [1.29, 1.82) is 0 Å². The number of thioether (sulfide) groups is 1. The Labute approximate surface area is 263 Å². The van der Waals surface area contributed by atoms with Crippen molar-refractivity contribution in [3.8, 4) is 0 Å². The number of halogens is 1. The molecule has 0 bridgehead atoms. The van der Waals surface area contributed by atoms with E-state index in [2.05, 4.69) is 21.1 Å². The normalized spacial score (nSPS) is 12.8. The fraction of sp³-hybridized carbons (Fsp3) is 0.0606. The van der Waals surface area contributed by atoms with Crippen molar-refractivity contribution in [2.24, 2.45) is 5.10 Å². The monoisotopic (exact) mass is 623 g/mol. The SMILES string of the molecule is O=C(CSc1cccc(NC(=O)/C(=C/c2cccc(Cl)c2)NC(=O)c2ccccc2)c1)NC1=NN(c2ccccc2)C(=O)C1. The minimum atomic E-state index is -0.541. The summed E-state index contributed by atoms with van der Waals surface area (Å²) in [5, 5.41) is 14.2. The summed E-state index contributed by atoms with van der Waals surface area (Å²) in [4.78, 5) is 51.9. The van der Waals surface area contributed by atoms with E-state index in [1.165, 1.54) is 16.8 Å². The number of carbonyl (C=O) groups is 4. The van der Waals surface area contributed by atoms with Gasteiger partial charge >= 0.3 is 0 Å². The molecule has 0 saturated carbocycles. The van der Waals surface area contributed by atoms with Gasteiger partial charge in [0.25, 0.3) is 17.7 Å². The van der Waals surface area contributed by atoms with Crippen LogP contribution in [0.25, 0.3) is 6.08 Å². The zero-order valence-electron chi connectivity index (χ0n) is 23.2. The number of hydrogen-bond acceptors (Lipinski definition) is 6. The number of rotatable bonds is 9. The number of benzene rings is 4. The smallest absolute Gasteiger partial charge is 0.272 e. The number of hydrazone groups is 1. The van der Waals surface area contributed by atoms with Crippen LogP contribution in [0.2, 0.25) is 5.02 Å². The molecule has 4 amide bonds. The lowest BCUT2D eigenvalue weighted by atomic mass is 10.1. The lowest BCUT2D eigenvalue weighted by Gasteiger charge is -2.12. The van der Waals surface area contributed by atoms with Crippen molar-refractivity contribution < 1.29 is 19.2 Å². The summed E-state index contributed by atoms with van der Waals surface area (Å²) < 4.78 is 0. The summed E-state index contributed by atoms with van der Waals surface area (Å²) in [5.41, 5.74) is 2.15. The maximum atomic E-state index is 13.4. The van der Waals surface area contributed by atoms with Gasteiger partial charge in [-0.1, -0.05) is 66.2 Å². The Morgan fingerprint density at radius 3 is 2.34 bits per heavy atom. The van der Waals surface area contributed by atoms with Gasteiger partial charge in [0.15, 0.2) is 0 Å². The molecule has 0 aromatic heterocycles. The zero-order valence-corrected chi connectivity index (χ0v) is 24.8. The third kappa shape index (κ3) is 8.21. The van der Waals surface area contributed by atoms with E-state index in [-0.39, 0.29) is 35.5 Å². The minimum absolute atomic E-state index is 0.00132. The number of nitrogens with one attached hydrogen (secondary N) is 3. The number of hydrogen-bond donors (Lipinski definition) is 3. The van der Waals surface area contributed by atoms with Crippen molar-refractivity contribution in [3.05, 3.63) is 131 Å². The highest BCUT2D eigenvalue weighted by Gasteiger charge is 2.26. The fourth-order valence-electron chi connectivity index (χ4n) is 4.18. The molecule has 3 N–H and O–H groups in total. The average Bonchev–Trinajstić information content (AvgIpc) is 3.40. The number of para-hydroxylation sites is 1. The van der Waals surface area contributed by atoms with Crippen molar-refractivity contribution in [2.75, 3.05) is 16.1 Å². The van der Waals surface area contributed by atoms with E-state index in [1.807, 2.05) is 6.07 Å². The van der Waals surface area contributed by atoms with Crippen molar-refractivity contribution in [2.45, 2.75) is 11.3 Å². The number of amides is 4. The van der Waals surface area contributed by atoms with Crippen LogP contribution in [0, 0.1) is 0 Å². The van der Waals surface area contributed by atoms with Gasteiger partial charge in [-0.15, -0.1) is 11.8 Å². The van der Waals surface area contributed by atoms with Crippen LogP contribution in [0.3, 0.4) is 0 Å². The molecule has 1 heterocycles. The Bertz CT molecular complexity index is 1760. The summed E-state index contributed by atoms with van der Waals surface area (Å²) in [7, 11) is 0. The van der Waals surface area contributed by atoms with E-state index >= 15 is 0 Å². The molecule has 11 heteroatoms. The average molecular weight is 624 g/mol. The summed E-state index contributed by atoms with van der Waals surface area (Å²) in [5.74, 6) is -1.19. The van der Waals surface area contributed by atoms with Gasteiger partial charge in [-0.2, -0.15) is 10.1 Å². The van der Waals surface area contributed by atoms with Crippen LogP contribution in [-0.2, 0) is 14.4 Å². The minimum Gasteiger partial charge on any atom is -0.321 e. The van der Waals surface area contributed by atoms with Crippen LogP contribution in [0.5, 0.6) is 0 Å². The first-order chi connectivity index (χ1) is 21.3. The van der Waals surface area contributed by atoms with E-state index in [4.69, 9.17) is 11.6 Å². The molecule has 0 atom stereocenters. The van der Waals surface area contributed by atoms with E-state index in [9.17, 15) is 19.2 Å². The fourth-order valence-corrected chi connectivity index (χ4v) is 5.14. The number of amidine groups is 1. The van der Waals surface area contributed by atoms with E-state index < -0.39 is 11.8 Å². The Hall–Kier alpha value is -5.19. The molecule has 0 spiro atoms. The molecule has 0 aliphatic carbocycles. The third-order valence-corrected chi connectivity index (χ3v) is 7.44. The molecule has 44 heavy (non-hydrogen) atoms. The van der Waals surface area contributed by atoms with Crippen LogP contribution < -0.4 is 21.0 Å². The maximum absolute atomic E-state index is 13.4. The summed E-state index contributed by atoms with van der Waals surface area (Å²) >= 11 is 7.38. The lowest BCUT2D eigenvalue weighted by molar-refractivity contribution is -0.117. The number of carbonyl (C=O) groups excluding carboxylic acids is 4. The molecule has 1 aliphatic rings. The molecule has 5 rings (SSSR count). The van der Waals surface area contributed by atoms with Crippen molar-refractivity contribution >= 4 is 70.3 Å².